The number of aromatic nitrogens is 3. The van der Waals surface area contributed by atoms with Crippen LogP contribution >= 0.6 is 0 Å². The van der Waals surface area contributed by atoms with E-state index < -0.39 is 0 Å². The molecule has 0 saturated heterocycles. The van der Waals surface area contributed by atoms with Crippen LogP contribution in [0.1, 0.15) is 5.56 Å². The standard InChI is InChI=1S/C11H14N6O2/c1-18-9-3-4-10(19-2)8(5-9)6-13-15-11-16-14-7-17(11)12/h3-7H,12H2,1-2H3,(H,15,16)/b13-6+. The first-order chi connectivity index (χ1) is 9.24. The topological polar surface area (TPSA) is 99.6 Å². The van der Waals surface area contributed by atoms with Gasteiger partial charge >= 0.3 is 0 Å². The molecular weight excluding hydrogens is 248 g/mol. The molecule has 100 valence electrons. The zero-order valence-electron chi connectivity index (χ0n) is 10.6. The molecule has 19 heavy (non-hydrogen) atoms. The van der Waals surface area contributed by atoms with E-state index in [1.807, 2.05) is 0 Å². The minimum absolute atomic E-state index is 0.332. The predicted molar refractivity (Wildman–Crippen MR) is 70.9 cm³/mol. The molecule has 1 heterocycles. The highest BCUT2D eigenvalue weighted by molar-refractivity contribution is 5.84. The quantitative estimate of drug-likeness (QED) is 0.461. The highest BCUT2D eigenvalue weighted by atomic mass is 16.5. The molecule has 1 aromatic carbocycles. The fourth-order valence-corrected chi connectivity index (χ4v) is 1.42. The third-order valence-corrected chi connectivity index (χ3v) is 2.38. The van der Waals surface area contributed by atoms with Gasteiger partial charge in [-0.3, -0.25) is 0 Å². The van der Waals surface area contributed by atoms with Gasteiger partial charge < -0.3 is 15.3 Å². The lowest BCUT2D eigenvalue weighted by Crippen LogP contribution is -2.10. The van der Waals surface area contributed by atoms with E-state index in [1.165, 1.54) is 11.0 Å². The molecule has 0 amide bonds. The van der Waals surface area contributed by atoms with E-state index in [-0.39, 0.29) is 0 Å². The molecule has 3 N–H and O–H groups in total. The first-order valence-electron chi connectivity index (χ1n) is 5.41. The van der Waals surface area contributed by atoms with Gasteiger partial charge in [-0.1, -0.05) is 0 Å². The highest BCUT2D eigenvalue weighted by Crippen LogP contribution is 2.22. The first-order valence-corrected chi connectivity index (χ1v) is 5.41. The summed E-state index contributed by atoms with van der Waals surface area (Å²) in [6, 6.07) is 5.41. The summed E-state index contributed by atoms with van der Waals surface area (Å²) in [5.74, 6) is 7.26. The smallest absolute Gasteiger partial charge is 0.263 e. The van der Waals surface area contributed by atoms with Crippen molar-refractivity contribution in [2.75, 3.05) is 25.5 Å². The van der Waals surface area contributed by atoms with Crippen LogP contribution in [0.5, 0.6) is 11.5 Å². The molecule has 1 aromatic heterocycles. The first kappa shape index (κ1) is 12.7. The number of methoxy groups -OCH3 is 2. The molecule has 0 fully saturated rings. The van der Waals surface area contributed by atoms with Crippen molar-refractivity contribution in [2.24, 2.45) is 5.10 Å². The third kappa shape index (κ3) is 2.92. The van der Waals surface area contributed by atoms with Crippen LogP contribution in [-0.2, 0) is 0 Å². The van der Waals surface area contributed by atoms with Crippen molar-refractivity contribution in [1.29, 1.82) is 0 Å². The molecule has 0 aliphatic rings. The summed E-state index contributed by atoms with van der Waals surface area (Å²) in [5, 5.41) is 11.4. The fourth-order valence-electron chi connectivity index (χ4n) is 1.42. The molecular formula is C11H14N6O2. The summed E-state index contributed by atoms with van der Waals surface area (Å²) in [4.78, 5) is 0. The second-order valence-corrected chi connectivity index (χ2v) is 3.54. The lowest BCUT2D eigenvalue weighted by Gasteiger charge is -2.06. The maximum absolute atomic E-state index is 5.53. The van der Waals surface area contributed by atoms with Gasteiger partial charge in [0.25, 0.3) is 5.95 Å². The lowest BCUT2D eigenvalue weighted by molar-refractivity contribution is 0.402. The minimum atomic E-state index is 0.332. The Kier molecular flexibility index (Phi) is 3.81. The summed E-state index contributed by atoms with van der Waals surface area (Å²) < 4.78 is 11.6. The Bertz CT molecular complexity index is 580. The van der Waals surface area contributed by atoms with Crippen molar-refractivity contribution in [3.05, 3.63) is 30.1 Å². The molecule has 0 atom stereocenters. The van der Waals surface area contributed by atoms with Crippen LogP contribution in [0.4, 0.5) is 5.95 Å². The maximum atomic E-state index is 5.53. The molecule has 0 aliphatic carbocycles. The molecule has 0 unspecified atom stereocenters. The van der Waals surface area contributed by atoms with Crippen molar-refractivity contribution >= 4 is 12.2 Å². The summed E-state index contributed by atoms with van der Waals surface area (Å²) in [6.45, 7) is 0. The summed E-state index contributed by atoms with van der Waals surface area (Å²) in [6.07, 6.45) is 2.94. The Morgan fingerprint density at radius 1 is 1.37 bits per heavy atom. The number of ether oxygens (including phenoxy) is 2. The fraction of sp³-hybridized carbons (Fsp3) is 0.182. The highest BCUT2D eigenvalue weighted by Gasteiger charge is 2.03. The molecule has 0 saturated carbocycles. The van der Waals surface area contributed by atoms with Crippen molar-refractivity contribution < 1.29 is 9.47 Å². The normalized spacial score (nSPS) is 10.6. The summed E-state index contributed by atoms with van der Waals surface area (Å²) in [7, 11) is 3.18. The molecule has 2 rings (SSSR count). The molecule has 0 bridgehead atoms. The second-order valence-electron chi connectivity index (χ2n) is 3.54. The van der Waals surface area contributed by atoms with E-state index in [4.69, 9.17) is 15.3 Å². The van der Waals surface area contributed by atoms with Crippen LogP contribution in [0, 0.1) is 0 Å². The molecule has 8 nitrogen and oxygen atoms in total. The average Bonchev–Trinajstić information content (AvgIpc) is 2.84. The van der Waals surface area contributed by atoms with Crippen LogP contribution in [0.2, 0.25) is 0 Å². The molecule has 0 aliphatic heterocycles. The van der Waals surface area contributed by atoms with E-state index in [9.17, 15) is 0 Å². The number of hydrogen-bond donors (Lipinski definition) is 2. The van der Waals surface area contributed by atoms with E-state index in [1.54, 1.807) is 38.6 Å². The number of nitrogen functional groups attached to an aromatic ring is 1. The van der Waals surface area contributed by atoms with Crippen molar-refractivity contribution in [1.82, 2.24) is 14.9 Å². The monoisotopic (exact) mass is 262 g/mol. The number of rotatable bonds is 5. The van der Waals surface area contributed by atoms with E-state index in [0.29, 0.717) is 17.4 Å². The van der Waals surface area contributed by atoms with E-state index >= 15 is 0 Å². The van der Waals surface area contributed by atoms with Crippen LogP contribution < -0.4 is 20.7 Å². The Hall–Kier alpha value is -2.77. The Balaban J connectivity index is 2.15. The van der Waals surface area contributed by atoms with Crippen LogP contribution in [0.3, 0.4) is 0 Å². The van der Waals surface area contributed by atoms with Gasteiger partial charge in [-0.15, -0.1) is 10.2 Å². The van der Waals surface area contributed by atoms with Gasteiger partial charge in [-0.05, 0) is 18.2 Å². The van der Waals surface area contributed by atoms with Crippen LogP contribution in [0.25, 0.3) is 0 Å². The summed E-state index contributed by atoms with van der Waals surface area (Å²) in [5.41, 5.74) is 3.43. The number of anilines is 1. The lowest BCUT2D eigenvalue weighted by atomic mass is 10.2. The predicted octanol–water partition coefficient (Wildman–Crippen LogP) is 0.455. The van der Waals surface area contributed by atoms with Crippen LogP contribution in [0.15, 0.2) is 29.6 Å². The number of nitrogens with one attached hydrogen (secondary N) is 1. The number of hydrogen-bond acceptors (Lipinski definition) is 7. The van der Waals surface area contributed by atoms with Crippen molar-refractivity contribution in [3.8, 4) is 11.5 Å². The molecule has 0 radical (unpaired) electrons. The van der Waals surface area contributed by atoms with Crippen molar-refractivity contribution in [2.45, 2.75) is 0 Å². The molecule has 8 heteroatoms. The van der Waals surface area contributed by atoms with Gasteiger partial charge in [0.1, 0.15) is 17.8 Å². The number of benzene rings is 1. The second kappa shape index (κ2) is 5.71. The average molecular weight is 262 g/mol. The zero-order valence-corrected chi connectivity index (χ0v) is 10.6. The van der Waals surface area contributed by atoms with Crippen LogP contribution in [-0.4, -0.2) is 35.3 Å². The summed E-state index contributed by atoms with van der Waals surface area (Å²) >= 11 is 0. The number of nitrogens with zero attached hydrogens (tertiary/aromatic N) is 4. The van der Waals surface area contributed by atoms with E-state index in [0.717, 1.165) is 5.56 Å². The largest absolute Gasteiger partial charge is 0.497 e. The Labute approximate surface area is 109 Å². The Morgan fingerprint density at radius 3 is 2.84 bits per heavy atom. The van der Waals surface area contributed by atoms with Gasteiger partial charge in [0, 0.05) is 5.56 Å². The SMILES string of the molecule is COc1ccc(OC)c(/C=N/Nc2nncn2N)c1. The number of nitrogens with two attached hydrogens (primary N) is 1. The minimum Gasteiger partial charge on any atom is -0.497 e. The van der Waals surface area contributed by atoms with Gasteiger partial charge in [0.15, 0.2) is 0 Å². The van der Waals surface area contributed by atoms with E-state index in [2.05, 4.69) is 20.7 Å². The third-order valence-electron chi connectivity index (χ3n) is 2.38. The van der Waals surface area contributed by atoms with Gasteiger partial charge in [-0.25, -0.2) is 10.1 Å². The number of hydrazone groups is 1. The molecule has 2 aromatic rings. The zero-order chi connectivity index (χ0) is 13.7. The molecule has 0 spiro atoms. The van der Waals surface area contributed by atoms with Gasteiger partial charge in [-0.2, -0.15) is 5.10 Å². The van der Waals surface area contributed by atoms with Crippen molar-refractivity contribution in [3.63, 3.8) is 0 Å². The Morgan fingerprint density at radius 2 is 2.21 bits per heavy atom. The van der Waals surface area contributed by atoms with Gasteiger partial charge in [0.05, 0.1) is 20.4 Å². The van der Waals surface area contributed by atoms with Gasteiger partial charge in [0.2, 0.25) is 0 Å². The maximum Gasteiger partial charge on any atom is 0.263 e.